The number of aromatic nitrogens is 5. The standard InChI is InChI=1S/C23H12FN7O4S/c24-13-2-4-14(5-3-13)30-22-15(10-26-30)21(29-23(32)18-7-8-19(36-18)31(33)34)27-20(28-22)12-1-6-16-17(9-12)35-11-25-16/h1-11H,(H,27,28,29,32). The van der Waals surface area contributed by atoms with E-state index in [1.54, 1.807) is 30.3 Å². The monoisotopic (exact) mass is 501 g/mol. The second-order valence-corrected chi connectivity index (χ2v) is 8.61. The predicted molar refractivity (Wildman–Crippen MR) is 129 cm³/mol. The van der Waals surface area contributed by atoms with Crippen LogP contribution in [-0.2, 0) is 0 Å². The van der Waals surface area contributed by atoms with Crippen molar-refractivity contribution in [1.29, 1.82) is 0 Å². The molecule has 176 valence electrons. The Kier molecular flexibility index (Phi) is 4.97. The van der Waals surface area contributed by atoms with E-state index in [0.717, 1.165) is 11.3 Å². The van der Waals surface area contributed by atoms with Gasteiger partial charge in [0.2, 0.25) is 0 Å². The maximum atomic E-state index is 13.5. The second-order valence-electron chi connectivity index (χ2n) is 7.55. The highest BCUT2D eigenvalue weighted by Crippen LogP contribution is 2.30. The van der Waals surface area contributed by atoms with E-state index in [9.17, 15) is 19.3 Å². The fourth-order valence-electron chi connectivity index (χ4n) is 3.61. The Balaban J connectivity index is 1.49. The van der Waals surface area contributed by atoms with Crippen molar-refractivity contribution >= 4 is 50.2 Å². The molecule has 0 radical (unpaired) electrons. The molecule has 0 saturated heterocycles. The van der Waals surface area contributed by atoms with Gasteiger partial charge in [0, 0.05) is 11.6 Å². The van der Waals surface area contributed by atoms with Gasteiger partial charge in [-0.15, -0.1) is 0 Å². The van der Waals surface area contributed by atoms with Crippen LogP contribution in [0.4, 0.5) is 15.2 Å². The number of rotatable bonds is 5. The summed E-state index contributed by atoms with van der Waals surface area (Å²) < 4.78 is 20.4. The topological polar surface area (TPSA) is 142 Å². The fourth-order valence-corrected chi connectivity index (χ4v) is 4.33. The maximum absolute atomic E-state index is 13.5. The molecular weight excluding hydrogens is 489 g/mol. The van der Waals surface area contributed by atoms with E-state index in [1.165, 1.54) is 41.5 Å². The molecule has 0 fully saturated rings. The fraction of sp³-hybridized carbons (Fsp3) is 0. The largest absolute Gasteiger partial charge is 0.443 e. The number of carbonyl (C=O) groups is 1. The van der Waals surface area contributed by atoms with Gasteiger partial charge < -0.3 is 9.73 Å². The minimum Gasteiger partial charge on any atom is -0.443 e. The van der Waals surface area contributed by atoms with Crippen LogP contribution in [0.1, 0.15) is 9.67 Å². The molecule has 0 spiro atoms. The first kappa shape index (κ1) is 21.5. The molecule has 2 aromatic carbocycles. The lowest BCUT2D eigenvalue weighted by atomic mass is 10.2. The molecule has 0 aliphatic heterocycles. The first-order chi connectivity index (χ1) is 17.5. The molecule has 0 aliphatic carbocycles. The zero-order valence-corrected chi connectivity index (χ0v) is 18.8. The van der Waals surface area contributed by atoms with E-state index in [4.69, 9.17) is 4.42 Å². The predicted octanol–water partition coefficient (Wildman–Crippen LogP) is 4.98. The molecule has 1 amide bonds. The maximum Gasteiger partial charge on any atom is 0.324 e. The summed E-state index contributed by atoms with van der Waals surface area (Å²) in [5, 5.41) is 18.4. The molecular formula is C23H12FN7O4S. The van der Waals surface area contributed by atoms with Crippen LogP contribution in [0.2, 0.25) is 0 Å². The highest BCUT2D eigenvalue weighted by molar-refractivity contribution is 7.17. The van der Waals surface area contributed by atoms with Gasteiger partial charge in [-0.05, 0) is 48.5 Å². The van der Waals surface area contributed by atoms with Gasteiger partial charge in [-0.25, -0.2) is 24.0 Å². The number of thiophene rings is 1. The number of hydrogen-bond acceptors (Lipinski definition) is 9. The Labute approximate surface area is 204 Å². The Morgan fingerprint density at radius 1 is 1.11 bits per heavy atom. The summed E-state index contributed by atoms with van der Waals surface area (Å²) in [5.74, 6) is -0.553. The number of amides is 1. The number of carbonyl (C=O) groups excluding carboxylic acids is 1. The van der Waals surface area contributed by atoms with Crippen molar-refractivity contribution < 1.29 is 18.5 Å². The van der Waals surface area contributed by atoms with Crippen molar-refractivity contribution in [2.24, 2.45) is 0 Å². The van der Waals surface area contributed by atoms with E-state index in [2.05, 4.69) is 25.4 Å². The van der Waals surface area contributed by atoms with Crippen molar-refractivity contribution in [2.45, 2.75) is 0 Å². The summed E-state index contributed by atoms with van der Waals surface area (Å²) >= 11 is 0.750. The van der Waals surface area contributed by atoms with Crippen molar-refractivity contribution in [3.63, 3.8) is 0 Å². The number of fused-ring (bicyclic) bond motifs is 2. The van der Waals surface area contributed by atoms with Crippen LogP contribution in [0, 0.1) is 15.9 Å². The molecule has 13 heteroatoms. The molecule has 6 rings (SSSR count). The average Bonchev–Trinajstić information content (AvgIpc) is 3.63. The number of hydrogen-bond donors (Lipinski definition) is 1. The SMILES string of the molecule is O=C(Nc1nc(-c2ccc3ncoc3c2)nc2c1cnn2-c1ccc(F)cc1)c1ccc([N+](=O)[O-])s1. The van der Waals surface area contributed by atoms with Crippen LogP contribution in [0.25, 0.3) is 39.2 Å². The van der Waals surface area contributed by atoms with Crippen molar-refractivity contribution in [2.75, 3.05) is 5.32 Å². The van der Waals surface area contributed by atoms with E-state index < -0.39 is 16.6 Å². The molecule has 11 nitrogen and oxygen atoms in total. The van der Waals surface area contributed by atoms with Crippen LogP contribution < -0.4 is 5.32 Å². The summed E-state index contributed by atoms with van der Waals surface area (Å²) in [6.07, 6.45) is 2.81. The zero-order chi connectivity index (χ0) is 24.8. The summed E-state index contributed by atoms with van der Waals surface area (Å²) in [6.45, 7) is 0. The third-order valence-corrected chi connectivity index (χ3v) is 6.35. The van der Waals surface area contributed by atoms with Crippen molar-refractivity contribution in [3.8, 4) is 17.1 Å². The number of halogens is 1. The number of benzene rings is 2. The summed E-state index contributed by atoms with van der Waals surface area (Å²) in [4.78, 5) is 36.8. The molecule has 36 heavy (non-hydrogen) atoms. The lowest BCUT2D eigenvalue weighted by Gasteiger charge is -2.09. The Morgan fingerprint density at radius 3 is 2.72 bits per heavy atom. The number of nitro groups is 1. The molecule has 0 unspecified atom stereocenters. The first-order valence-electron chi connectivity index (χ1n) is 10.4. The third-order valence-electron chi connectivity index (χ3n) is 5.32. The Hall–Kier alpha value is -5.04. The molecule has 0 saturated carbocycles. The molecule has 0 aliphatic rings. The van der Waals surface area contributed by atoms with E-state index in [1.807, 2.05) is 0 Å². The van der Waals surface area contributed by atoms with Crippen LogP contribution in [0.3, 0.4) is 0 Å². The van der Waals surface area contributed by atoms with E-state index in [-0.39, 0.29) is 21.5 Å². The smallest absolute Gasteiger partial charge is 0.324 e. The number of nitrogens with one attached hydrogen (secondary N) is 1. The number of nitrogens with zero attached hydrogens (tertiary/aromatic N) is 6. The lowest BCUT2D eigenvalue weighted by Crippen LogP contribution is -2.12. The summed E-state index contributed by atoms with van der Waals surface area (Å²) in [5.41, 5.74) is 2.68. The minimum absolute atomic E-state index is 0.143. The quantitative estimate of drug-likeness (QED) is 0.257. The van der Waals surface area contributed by atoms with Crippen LogP contribution in [0.15, 0.2) is 71.6 Å². The minimum atomic E-state index is -0.570. The van der Waals surface area contributed by atoms with Crippen LogP contribution in [-0.4, -0.2) is 35.6 Å². The van der Waals surface area contributed by atoms with Crippen molar-refractivity contribution in [3.05, 3.63) is 88.0 Å². The molecule has 4 aromatic heterocycles. The van der Waals surface area contributed by atoms with Gasteiger partial charge in [0.05, 0.1) is 27.1 Å². The molecule has 4 heterocycles. The number of anilines is 1. The highest BCUT2D eigenvalue weighted by Gasteiger charge is 2.20. The van der Waals surface area contributed by atoms with E-state index in [0.29, 0.717) is 33.4 Å². The Bertz CT molecular complexity index is 1790. The van der Waals surface area contributed by atoms with Gasteiger partial charge in [0.25, 0.3) is 5.91 Å². The highest BCUT2D eigenvalue weighted by atomic mass is 32.1. The molecule has 0 bridgehead atoms. The summed E-state index contributed by atoms with van der Waals surface area (Å²) in [7, 11) is 0. The zero-order valence-electron chi connectivity index (χ0n) is 18.0. The normalized spacial score (nSPS) is 11.2. The Morgan fingerprint density at radius 2 is 1.94 bits per heavy atom. The summed E-state index contributed by atoms with van der Waals surface area (Å²) in [6, 6.07) is 13.6. The second kappa shape index (κ2) is 8.32. The lowest BCUT2D eigenvalue weighted by molar-refractivity contribution is -0.380. The molecule has 6 aromatic rings. The van der Waals surface area contributed by atoms with Gasteiger partial charge in [-0.1, -0.05) is 11.3 Å². The first-order valence-corrected chi connectivity index (χ1v) is 11.2. The third kappa shape index (κ3) is 3.73. The van der Waals surface area contributed by atoms with Gasteiger partial charge in [0.1, 0.15) is 17.2 Å². The van der Waals surface area contributed by atoms with Gasteiger partial charge >= 0.3 is 5.00 Å². The average molecular weight is 501 g/mol. The van der Waals surface area contributed by atoms with Gasteiger partial charge in [0.15, 0.2) is 23.4 Å². The van der Waals surface area contributed by atoms with Crippen LogP contribution >= 0.6 is 11.3 Å². The molecule has 1 N–H and O–H groups in total. The van der Waals surface area contributed by atoms with Gasteiger partial charge in [-0.3, -0.25) is 14.9 Å². The van der Waals surface area contributed by atoms with Crippen LogP contribution in [0.5, 0.6) is 0 Å². The number of oxazole rings is 1. The van der Waals surface area contributed by atoms with E-state index >= 15 is 0 Å². The van der Waals surface area contributed by atoms with Crippen molar-refractivity contribution in [1.82, 2.24) is 24.7 Å². The van der Waals surface area contributed by atoms with Gasteiger partial charge in [-0.2, -0.15) is 5.10 Å². The molecule has 0 atom stereocenters.